The third-order valence-electron chi connectivity index (χ3n) is 10.3. The van der Waals surface area contributed by atoms with E-state index in [1.54, 1.807) is 36.4 Å². The molecular formula is C44H44O14. The van der Waals surface area contributed by atoms with Crippen molar-refractivity contribution in [3.63, 3.8) is 0 Å². The topological polar surface area (TPSA) is 145 Å². The summed E-state index contributed by atoms with van der Waals surface area (Å²) in [5, 5.41) is 0. The number of esters is 2. The van der Waals surface area contributed by atoms with Crippen LogP contribution in [0.1, 0.15) is 34.1 Å². The van der Waals surface area contributed by atoms with Gasteiger partial charge in [0.15, 0.2) is 46.0 Å². The van der Waals surface area contributed by atoms with Crippen LogP contribution in [0, 0.1) is 11.8 Å². The predicted molar refractivity (Wildman–Crippen MR) is 210 cm³/mol. The summed E-state index contributed by atoms with van der Waals surface area (Å²) in [4.78, 5) is 28.9. The second-order valence-corrected chi connectivity index (χ2v) is 13.3. The Kier molecular flexibility index (Phi) is 12.0. The van der Waals surface area contributed by atoms with Gasteiger partial charge in [0, 0.05) is 11.8 Å². The van der Waals surface area contributed by atoms with Crippen molar-refractivity contribution in [3.05, 3.63) is 95.1 Å². The highest BCUT2D eigenvalue weighted by Crippen LogP contribution is 2.61. The maximum absolute atomic E-state index is 14.4. The molecule has 4 aromatic rings. The zero-order chi connectivity index (χ0) is 40.8. The lowest BCUT2D eigenvalue weighted by Gasteiger charge is -2.49. The molecule has 14 nitrogen and oxygen atoms in total. The fourth-order valence-electron chi connectivity index (χ4n) is 7.61. The Morgan fingerprint density at radius 3 is 1.22 bits per heavy atom. The summed E-state index contributed by atoms with van der Waals surface area (Å²) in [6, 6.07) is 18.0. The second kappa shape index (κ2) is 17.6. The van der Waals surface area contributed by atoms with E-state index in [2.05, 4.69) is 0 Å². The molecule has 0 bridgehead atoms. The number of rotatable bonds is 16. The highest BCUT2D eigenvalue weighted by molar-refractivity contribution is 5.86. The lowest BCUT2D eigenvalue weighted by atomic mass is 9.52. The molecule has 2 aliphatic heterocycles. The number of carbonyl (C=O) groups excluding carboxylic acids is 2. The molecule has 7 rings (SSSR count). The highest BCUT2D eigenvalue weighted by atomic mass is 16.7. The Morgan fingerprint density at radius 2 is 0.879 bits per heavy atom. The number of methoxy groups -OCH3 is 6. The summed E-state index contributed by atoms with van der Waals surface area (Å²) in [5.74, 6) is 0.333. The van der Waals surface area contributed by atoms with Crippen LogP contribution in [-0.4, -0.2) is 81.4 Å². The first-order valence-electron chi connectivity index (χ1n) is 18.4. The SMILES string of the molecule is COc1cc(C2C(C(=O)OCC=Cc3ccc4c(c3)OCO4)C(c3cc(OC)c(OC)c(OC)c3)C2C(=O)OCC=Cc2ccc3c(c2)OCO3)cc(OC)c1OC. The Labute approximate surface area is 335 Å². The molecule has 0 atom stereocenters. The van der Waals surface area contributed by atoms with E-state index < -0.39 is 35.6 Å². The summed E-state index contributed by atoms with van der Waals surface area (Å²) in [6.07, 6.45) is 7.10. The van der Waals surface area contributed by atoms with Crippen LogP contribution in [-0.2, 0) is 19.1 Å². The molecule has 0 N–H and O–H groups in total. The summed E-state index contributed by atoms with van der Waals surface area (Å²) in [5.41, 5.74) is 2.83. The number of fused-ring (bicyclic) bond motifs is 2. The van der Waals surface area contributed by atoms with E-state index in [9.17, 15) is 9.59 Å². The molecule has 1 saturated carbocycles. The van der Waals surface area contributed by atoms with Gasteiger partial charge in [-0.2, -0.15) is 0 Å². The average molecular weight is 797 g/mol. The van der Waals surface area contributed by atoms with Gasteiger partial charge in [0.1, 0.15) is 13.2 Å². The van der Waals surface area contributed by atoms with Gasteiger partial charge in [-0.3, -0.25) is 9.59 Å². The fourth-order valence-corrected chi connectivity index (χ4v) is 7.61. The third-order valence-corrected chi connectivity index (χ3v) is 10.3. The molecule has 0 aromatic heterocycles. The van der Waals surface area contributed by atoms with Crippen LogP contribution in [0.5, 0.6) is 57.5 Å². The molecule has 4 aromatic carbocycles. The maximum atomic E-state index is 14.4. The van der Waals surface area contributed by atoms with Crippen molar-refractivity contribution in [2.24, 2.45) is 11.8 Å². The van der Waals surface area contributed by atoms with Crippen molar-refractivity contribution in [2.45, 2.75) is 11.8 Å². The number of benzene rings is 4. The first-order chi connectivity index (χ1) is 28.3. The molecular weight excluding hydrogens is 752 g/mol. The third kappa shape index (κ3) is 7.82. The van der Waals surface area contributed by atoms with E-state index >= 15 is 0 Å². The molecule has 1 aliphatic carbocycles. The van der Waals surface area contributed by atoms with Gasteiger partial charge in [0.05, 0.1) is 54.5 Å². The van der Waals surface area contributed by atoms with Crippen LogP contribution >= 0.6 is 0 Å². The van der Waals surface area contributed by atoms with Crippen LogP contribution in [0.2, 0.25) is 0 Å². The number of hydrogen-bond acceptors (Lipinski definition) is 14. The molecule has 2 heterocycles. The zero-order valence-electron chi connectivity index (χ0n) is 32.9. The highest BCUT2D eigenvalue weighted by Gasteiger charge is 2.60. The van der Waals surface area contributed by atoms with Gasteiger partial charge < -0.3 is 56.8 Å². The van der Waals surface area contributed by atoms with Gasteiger partial charge in [-0.25, -0.2) is 0 Å². The summed E-state index contributed by atoms with van der Waals surface area (Å²) in [6.45, 7) is 0.225. The van der Waals surface area contributed by atoms with E-state index in [-0.39, 0.29) is 26.8 Å². The van der Waals surface area contributed by atoms with E-state index in [4.69, 9.17) is 56.8 Å². The van der Waals surface area contributed by atoms with Crippen molar-refractivity contribution in [1.29, 1.82) is 0 Å². The minimum absolute atomic E-state index is 0.0481. The monoisotopic (exact) mass is 796 g/mol. The molecule has 0 saturated heterocycles. The summed E-state index contributed by atoms with van der Waals surface area (Å²) < 4.78 is 67.6. The standard InChI is InChI=1S/C44H44O14/c1-47-33-19-27(20-34(48-2)41(33)51-5)37-39(43(45)53-15-7-9-25-11-13-29-31(17-25)57-23-55-29)38(28-21-35(49-3)42(52-6)36(22-28)50-4)40(37)44(46)54-16-8-10-26-12-14-30-32(18-26)58-24-56-30/h7-14,17-22,37-40H,15-16,23-24H2,1-6H3. The van der Waals surface area contributed by atoms with E-state index in [0.29, 0.717) is 68.6 Å². The quantitative estimate of drug-likeness (QED) is 0.109. The molecule has 304 valence electrons. The van der Waals surface area contributed by atoms with Crippen LogP contribution in [0.25, 0.3) is 12.2 Å². The van der Waals surface area contributed by atoms with Gasteiger partial charge in [-0.15, -0.1) is 0 Å². The molecule has 0 radical (unpaired) electrons. The largest absolute Gasteiger partial charge is 0.493 e. The lowest BCUT2D eigenvalue weighted by Crippen LogP contribution is -2.52. The zero-order valence-corrected chi connectivity index (χ0v) is 32.9. The van der Waals surface area contributed by atoms with Crippen LogP contribution in [0.4, 0.5) is 0 Å². The smallest absolute Gasteiger partial charge is 0.310 e. The summed E-state index contributed by atoms with van der Waals surface area (Å²) in [7, 11) is 8.99. The normalized spacial score (nSPS) is 18.7. The molecule has 3 aliphatic rings. The van der Waals surface area contributed by atoms with Crippen molar-refractivity contribution in [2.75, 3.05) is 69.5 Å². The summed E-state index contributed by atoms with van der Waals surface area (Å²) >= 11 is 0. The van der Waals surface area contributed by atoms with E-state index in [1.165, 1.54) is 42.7 Å². The van der Waals surface area contributed by atoms with Gasteiger partial charge in [0.2, 0.25) is 25.1 Å². The Balaban J connectivity index is 1.23. The minimum atomic E-state index is -0.897. The Morgan fingerprint density at radius 1 is 0.517 bits per heavy atom. The second-order valence-electron chi connectivity index (χ2n) is 13.3. The van der Waals surface area contributed by atoms with Crippen LogP contribution < -0.4 is 47.4 Å². The minimum Gasteiger partial charge on any atom is -0.493 e. The van der Waals surface area contributed by atoms with E-state index in [1.807, 2.05) is 48.6 Å². The lowest BCUT2D eigenvalue weighted by molar-refractivity contribution is -0.166. The molecule has 14 heteroatoms. The molecule has 58 heavy (non-hydrogen) atoms. The van der Waals surface area contributed by atoms with Crippen molar-refractivity contribution < 1.29 is 66.4 Å². The number of ether oxygens (including phenoxy) is 12. The number of hydrogen-bond donors (Lipinski definition) is 0. The van der Waals surface area contributed by atoms with Crippen LogP contribution in [0.15, 0.2) is 72.8 Å². The maximum Gasteiger partial charge on any atom is 0.310 e. The van der Waals surface area contributed by atoms with E-state index in [0.717, 1.165) is 11.1 Å². The first-order valence-corrected chi connectivity index (χ1v) is 18.4. The average Bonchev–Trinajstić information content (AvgIpc) is 3.92. The van der Waals surface area contributed by atoms with Gasteiger partial charge in [0.25, 0.3) is 0 Å². The predicted octanol–water partition coefficient (Wildman–Crippen LogP) is 6.82. The molecule has 1 fully saturated rings. The first kappa shape index (κ1) is 39.5. The Bertz CT molecular complexity index is 2000. The Hall–Kier alpha value is -6.70. The van der Waals surface area contributed by atoms with Crippen molar-refractivity contribution in [3.8, 4) is 57.5 Å². The van der Waals surface area contributed by atoms with Gasteiger partial charge in [-0.05, 0) is 82.9 Å². The molecule has 0 spiro atoms. The molecule has 0 unspecified atom stereocenters. The van der Waals surface area contributed by atoms with Crippen molar-refractivity contribution >= 4 is 24.1 Å². The van der Waals surface area contributed by atoms with Gasteiger partial charge in [-0.1, -0.05) is 24.3 Å². The number of carbonyl (C=O) groups is 2. The van der Waals surface area contributed by atoms with Gasteiger partial charge >= 0.3 is 11.9 Å². The van der Waals surface area contributed by atoms with Crippen LogP contribution in [0.3, 0.4) is 0 Å². The fraction of sp³-hybridized carbons (Fsp3) is 0.318. The molecule has 0 amide bonds. The van der Waals surface area contributed by atoms with Crippen molar-refractivity contribution in [1.82, 2.24) is 0 Å².